The van der Waals surface area contributed by atoms with Crippen LogP contribution in [0.4, 0.5) is 10.5 Å². The molecule has 1 heterocycles. The molecule has 3 rings (SSSR count). The zero-order valence-electron chi connectivity index (χ0n) is 15.6. The van der Waals surface area contributed by atoms with Gasteiger partial charge in [0.15, 0.2) is 0 Å². The van der Waals surface area contributed by atoms with Gasteiger partial charge in [-0.3, -0.25) is 4.79 Å². The number of anilines is 1. The van der Waals surface area contributed by atoms with Crippen molar-refractivity contribution < 1.29 is 14.7 Å². The zero-order valence-corrected chi connectivity index (χ0v) is 15.6. The van der Waals surface area contributed by atoms with E-state index in [0.717, 1.165) is 29.7 Å². The molecule has 0 aromatic heterocycles. The van der Waals surface area contributed by atoms with Gasteiger partial charge in [0.1, 0.15) is 0 Å². The summed E-state index contributed by atoms with van der Waals surface area (Å²) in [6.45, 7) is 9.18. The normalized spacial score (nSPS) is 25.3. The van der Waals surface area contributed by atoms with Crippen molar-refractivity contribution in [2.45, 2.75) is 52.9 Å². The Bertz CT molecular complexity index is 690. The monoisotopic (exact) mass is 344 g/mol. The molecule has 2 fully saturated rings. The number of nitrogens with one attached hydrogen (secondary N) is 1. The molecule has 0 bridgehead atoms. The molecule has 136 valence electrons. The number of fused-ring (bicyclic) bond motifs is 1. The Morgan fingerprint density at radius 1 is 1.28 bits per heavy atom. The van der Waals surface area contributed by atoms with Crippen LogP contribution in [0, 0.1) is 25.2 Å². The lowest BCUT2D eigenvalue weighted by Crippen LogP contribution is -2.38. The van der Waals surface area contributed by atoms with E-state index in [0.29, 0.717) is 25.4 Å². The Morgan fingerprint density at radius 3 is 2.44 bits per heavy atom. The van der Waals surface area contributed by atoms with E-state index in [2.05, 4.69) is 31.3 Å². The minimum Gasteiger partial charge on any atom is -0.481 e. The molecule has 2 N–H and O–H groups in total. The number of amides is 2. The van der Waals surface area contributed by atoms with E-state index in [1.165, 1.54) is 5.56 Å². The first kappa shape index (κ1) is 17.8. The van der Waals surface area contributed by atoms with Gasteiger partial charge in [-0.05, 0) is 55.2 Å². The van der Waals surface area contributed by atoms with Crippen molar-refractivity contribution in [3.8, 4) is 0 Å². The van der Waals surface area contributed by atoms with E-state index >= 15 is 0 Å². The number of hydrogen-bond acceptors (Lipinski definition) is 2. The molecule has 0 unspecified atom stereocenters. The van der Waals surface area contributed by atoms with Gasteiger partial charge in [0.05, 0.1) is 5.41 Å². The maximum absolute atomic E-state index is 12.8. The summed E-state index contributed by atoms with van der Waals surface area (Å²) in [4.78, 5) is 26.2. The summed E-state index contributed by atoms with van der Waals surface area (Å²) in [6.07, 6.45) is 2.52. The van der Waals surface area contributed by atoms with Crippen LogP contribution in [0.5, 0.6) is 0 Å². The van der Waals surface area contributed by atoms with Crippen LogP contribution in [0.15, 0.2) is 12.1 Å². The fraction of sp³-hybridized carbons (Fsp3) is 0.600. The van der Waals surface area contributed by atoms with Gasteiger partial charge in [-0.1, -0.05) is 32.4 Å². The summed E-state index contributed by atoms with van der Waals surface area (Å²) < 4.78 is 0. The van der Waals surface area contributed by atoms with E-state index in [-0.39, 0.29) is 11.9 Å². The lowest BCUT2D eigenvalue weighted by atomic mass is 9.81. The molecule has 5 nitrogen and oxygen atoms in total. The van der Waals surface area contributed by atoms with Gasteiger partial charge in [0.2, 0.25) is 0 Å². The van der Waals surface area contributed by atoms with Crippen LogP contribution in [0.2, 0.25) is 0 Å². The minimum absolute atomic E-state index is 0.0845. The second-order valence-electron chi connectivity index (χ2n) is 8.05. The van der Waals surface area contributed by atoms with E-state index in [4.69, 9.17) is 0 Å². The molecule has 0 spiro atoms. The number of carbonyl (C=O) groups is 2. The molecule has 1 saturated carbocycles. The highest BCUT2D eigenvalue weighted by atomic mass is 16.4. The third-order valence-electron chi connectivity index (χ3n) is 6.04. The van der Waals surface area contributed by atoms with E-state index in [1.807, 2.05) is 13.8 Å². The van der Waals surface area contributed by atoms with Crippen LogP contribution >= 0.6 is 0 Å². The molecule has 2 atom stereocenters. The molecular weight excluding hydrogens is 316 g/mol. The zero-order chi connectivity index (χ0) is 18.4. The van der Waals surface area contributed by atoms with Crippen LogP contribution < -0.4 is 5.32 Å². The number of carbonyl (C=O) groups excluding carboxylic acids is 1. The lowest BCUT2D eigenvalue weighted by Gasteiger charge is -2.24. The van der Waals surface area contributed by atoms with E-state index < -0.39 is 11.4 Å². The fourth-order valence-electron chi connectivity index (χ4n) is 4.51. The number of carboxylic acids is 1. The van der Waals surface area contributed by atoms with Crippen molar-refractivity contribution in [2.24, 2.45) is 11.3 Å². The Hall–Kier alpha value is -2.04. The highest BCUT2D eigenvalue weighted by Crippen LogP contribution is 2.49. The van der Waals surface area contributed by atoms with Gasteiger partial charge >= 0.3 is 12.0 Å². The number of aliphatic carboxylic acids is 1. The topological polar surface area (TPSA) is 69.6 Å². The first-order valence-corrected chi connectivity index (χ1v) is 9.15. The Kier molecular flexibility index (Phi) is 4.52. The molecule has 1 aliphatic heterocycles. The molecule has 0 radical (unpaired) electrons. The number of benzene rings is 1. The fourth-order valence-corrected chi connectivity index (χ4v) is 4.51. The van der Waals surface area contributed by atoms with Crippen molar-refractivity contribution in [1.29, 1.82) is 0 Å². The number of nitrogens with zero attached hydrogens (tertiary/aromatic N) is 1. The third kappa shape index (κ3) is 3.00. The minimum atomic E-state index is -0.751. The summed E-state index contributed by atoms with van der Waals surface area (Å²) in [5.41, 5.74) is 3.46. The second-order valence-corrected chi connectivity index (χ2v) is 8.05. The molecule has 2 amide bonds. The van der Waals surface area contributed by atoms with Crippen LogP contribution in [-0.2, 0) is 4.79 Å². The van der Waals surface area contributed by atoms with Gasteiger partial charge < -0.3 is 15.3 Å². The van der Waals surface area contributed by atoms with Crippen LogP contribution in [0.1, 0.15) is 55.7 Å². The summed E-state index contributed by atoms with van der Waals surface area (Å²) in [6, 6.07) is 4.05. The molecule has 25 heavy (non-hydrogen) atoms. The molecular formula is C20H28N2O3. The second kappa shape index (κ2) is 6.36. The largest absolute Gasteiger partial charge is 0.481 e. The summed E-state index contributed by atoms with van der Waals surface area (Å²) in [5, 5.41) is 12.7. The smallest absolute Gasteiger partial charge is 0.321 e. The molecule has 2 aliphatic rings. The van der Waals surface area contributed by atoms with Gasteiger partial charge in [0, 0.05) is 18.8 Å². The quantitative estimate of drug-likeness (QED) is 0.865. The SMILES string of the molecule is Cc1cc(C(C)C)cc(C)c1NC(=O)N1C[C@@H]2CCC[C@@]2(C(=O)O)C1. The molecule has 5 heteroatoms. The van der Waals surface area contributed by atoms with Crippen molar-refractivity contribution in [2.75, 3.05) is 18.4 Å². The summed E-state index contributed by atoms with van der Waals surface area (Å²) in [5.74, 6) is -0.226. The van der Waals surface area contributed by atoms with E-state index in [1.54, 1.807) is 4.90 Å². The lowest BCUT2D eigenvalue weighted by molar-refractivity contribution is -0.149. The molecule has 1 aliphatic carbocycles. The molecule has 1 saturated heterocycles. The van der Waals surface area contributed by atoms with Gasteiger partial charge in [0.25, 0.3) is 0 Å². The first-order valence-electron chi connectivity index (χ1n) is 9.15. The average molecular weight is 344 g/mol. The van der Waals surface area contributed by atoms with Crippen LogP contribution in [0.25, 0.3) is 0 Å². The van der Waals surface area contributed by atoms with Gasteiger partial charge in [-0.2, -0.15) is 0 Å². The third-order valence-corrected chi connectivity index (χ3v) is 6.04. The van der Waals surface area contributed by atoms with Gasteiger partial charge in [-0.15, -0.1) is 0 Å². The first-order chi connectivity index (χ1) is 11.7. The van der Waals surface area contributed by atoms with Crippen molar-refractivity contribution in [1.82, 2.24) is 4.90 Å². The average Bonchev–Trinajstić information content (AvgIpc) is 3.08. The number of hydrogen-bond donors (Lipinski definition) is 2. The molecule has 1 aromatic carbocycles. The maximum Gasteiger partial charge on any atom is 0.321 e. The number of rotatable bonds is 3. The number of aryl methyl sites for hydroxylation is 2. The number of likely N-dealkylation sites (tertiary alicyclic amines) is 1. The Morgan fingerprint density at radius 2 is 1.92 bits per heavy atom. The number of carboxylic acid groups (broad SMARTS) is 1. The van der Waals surface area contributed by atoms with Crippen molar-refractivity contribution in [3.63, 3.8) is 0 Å². The number of urea groups is 1. The Balaban J connectivity index is 1.77. The van der Waals surface area contributed by atoms with Gasteiger partial charge in [-0.25, -0.2) is 4.79 Å². The van der Waals surface area contributed by atoms with E-state index in [9.17, 15) is 14.7 Å². The van der Waals surface area contributed by atoms with Crippen LogP contribution in [-0.4, -0.2) is 35.1 Å². The summed E-state index contributed by atoms with van der Waals surface area (Å²) in [7, 11) is 0. The maximum atomic E-state index is 12.8. The predicted octanol–water partition coefficient (Wildman–Crippen LogP) is 4.15. The van der Waals surface area contributed by atoms with Crippen LogP contribution in [0.3, 0.4) is 0 Å². The van der Waals surface area contributed by atoms with Crippen molar-refractivity contribution in [3.05, 3.63) is 28.8 Å². The van der Waals surface area contributed by atoms with Crippen molar-refractivity contribution >= 4 is 17.7 Å². The highest BCUT2D eigenvalue weighted by molar-refractivity contribution is 5.92. The predicted molar refractivity (Wildman–Crippen MR) is 98.0 cm³/mol. The highest BCUT2D eigenvalue weighted by Gasteiger charge is 2.55. The summed E-state index contributed by atoms with van der Waals surface area (Å²) >= 11 is 0. The molecule has 1 aromatic rings. The Labute approximate surface area is 149 Å². The standard InChI is InChI=1S/C20H28N2O3/c1-12(2)15-8-13(3)17(14(4)9-15)21-19(25)22-10-16-6-5-7-20(16,11-22)18(23)24/h8-9,12,16H,5-7,10-11H2,1-4H3,(H,21,25)(H,23,24)/t16-,20+/m0/s1.